The van der Waals surface area contributed by atoms with E-state index < -0.39 is 0 Å². The van der Waals surface area contributed by atoms with Crippen molar-refractivity contribution in [1.82, 2.24) is 15.5 Å². The first kappa shape index (κ1) is 17.6. The molecule has 1 unspecified atom stereocenters. The summed E-state index contributed by atoms with van der Waals surface area (Å²) < 4.78 is 13.2. The van der Waals surface area contributed by atoms with Crippen molar-refractivity contribution in [2.45, 2.75) is 38.3 Å². The van der Waals surface area contributed by atoms with Crippen LogP contribution >= 0.6 is 11.6 Å². The third kappa shape index (κ3) is 4.68. The van der Waals surface area contributed by atoms with E-state index in [1.807, 2.05) is 0 Å². The molecular formula is C18H25ClFN3O. The van der Waals surface area contributed by atoms with E-state index in [9.17, 15) is 9.18 Å². The van der Waals surface area contributed by atoms with Gasteiger partial charge < -0.3 is 10.6 Å². The monoisotopic (exact) mass is 353 g/mol. The number of halogens is 2. The van der Waals surface area contributed by atoms with Gasteiger partial charge in [-0.05, 0) is 63.0 Å². The number of carbonyl (C=O) groups excluding carboxylic acids is 1. The van der Waals surface area contributed by atoms with E-state index in [-0.39, 0.29) is 23.7 Å². The summed E-state index contributed by atoms with van der Waals surface area (Å²) in [4.78, 5) is 14.7. The summed E-state index contributed by atoms with van der Waals surface area (Å²) in [6.45, 7) is 4.35. The van der Waals surface area contributed by atoms with Gasteiger partial charge in [-0.25, -0.2) is 4.39 Å². The number of hydrogen-bond donors (Lipinski definition) is 2. The molecule has 3 rings (SSSR count). The largest absolute Gasteiger partial charge is 0.352 e. The minimum Gasteiger partial charge on any atom is -0.352 e. The highest BCUT2D eigenvalue weighted by molar-refractivity contribution is 6.31. The Labute approximate surface area is 147 Å². The molecule has 1 atom stereocenters. The summed E-state index contributed by atoms with van der Waals surface area (Å²) in [6.07, 6.45) is 3.92. The highest BCUT2D eigenvalue weighted by Crippen LogP contribution is 2.21. The van der Waals surface area contributed by atoms with Crippen LogP contribution in [0, 0.1) is 11.7 Å². The van der Waals surface area contributed by atoms with Gasteiger partial charge >= 0.3 is 0 Å². The molecule has 1 aromatic carbocycles. The molecule has 0 aliphatic carbocycles. The molecule has 1 amide bonds. The van der Waals surface area contributed by atoms with Crippen LogP contribution in [0.2, 0.25) is 5.02 Å². The number of rotatable bonds is 4. The van der Waals surface area contributed by atoms with Crippen molar-refractivity contribution in [3.63, 3.8) is 0 Å². The molecule has 0 bridgehead atoms. The summed E-state index contributed by atoms with van der Waals surface area (Å²) in [6, 6.07) is 4.74. The molecule has 6 heteroatoms. The van der Waals surface area contributed by atoms with Gasteiger partial charge in [0.15, 0.2) is 0 Å². The van der Waals surface area contributed by atoms with Gasteiger partial charge in [0.1, 0.15) is 5.82 Å². The molecule has 2 fully saturated rings. The molecule has 1 aromatic rings. The molecule has 2 aliphatic rings. The van der Waals surface area contributed by atoms with Gasteiger partial charge in [0, 0.05) is 30.1 Å². The van der Waals surface area contributed by atoms with Crippen LogP contribution in [0.3, 0.4) is 0 Å². The van der Waals surface area contributed by atoms with E-state index >= 15 is 0 Å². The Morgan fingerprint density at radius 3 is 2.88 bits per heavy atom. The van der Waals surface area contributed by atoms with Crippen LogP contribution in [-0.4, -0.2) is 43.0 Å². The summed E-state index contributed by atoms with van der Waals surface area (Å²) in [5.41, 5.74) is 0.934. The van der Waals surface area contributed by atoms with Gasteiger partial charge in [-0.2, -0.15) is 0 Å². The summed E-state index contributed by atoms with van der Waals surface area (Å²) in [5, 5.41) is 6.98. The van der Waals surface area contributed by atoms with Gasteiger partial charge in [-0.1, -0.05) is 17.7 Å². The van der Waals surface area contributed by atoms with E-state index in [2.05, 4.69) is 15.5 Å². The maximum Gasteiger partial charge on any atom is 0.223 e. The van der Waals surface area contributed by atoms with Gasteiger partial charge in [0.2, 0.25) is 5.91 Å². The number of amides is 1. The molecule has 0 saturated carbocycles. The van der Waals surface area contributed by atoms with Gasteiger partial charge in [0.05, 0.1) is 0 Å². The second-order valence-corrected chi connectivity index (χ2v) is 7.25. The second-order valence-electron chi connectivity index (χ2n) is 6.84. The number of nitrogens with one attached hydrogen (secondary N) is 2. The van der Waals surface area contributed by atoms with Crippen LogP contribution < -0.4 is 10.6 Å². The molecule has 132 valence electrons. The Morgan fingerprint density at radius 1 is 1.33 bits per heavy atom. The number of benzene rings is 1. The first-order chi connectivity index (χ1) is 11.6. The van der Waals surface area contributed by atoms with Crippen LogP contribution in [0.4, 0.5) is 4.39 Å². The molecule has 2 aliphatic heterocycles. The summed E-state index contributed by atoms with van der Waals surface area (Å²) in [7, 11) is 0. The lowest BCUT2D eigenvalue weighted by Crippen LogP contribution is -2.50. The van der Waals surface area contributed by atoms with Crippen molar-refractivity contribution in [3.8, 4) is 0 Å². The van der Waals surface area contributed by atoms with E-state index in [0.717, 1.165) is 57.4 Å². The fourth-order valence-electron chi connectivity index (χ4n) is 3.61. The topological polar surface area (TPSA) is 44.4 Å². The van der Waals surface area contributed by atoms with Crippen molar-refractivity contribution in [1.29, 1.82) is 0 Å². The molecule has 0 radical (unpaired) electrons. The molecule has 2 N–H and O–H groups in total. The average molecular weight is 354 g/mol. The molecule has 4 nitrogen and oxygen atoms in total. The Hall–Kier alpha value is -1.17. The maximum atomic E-state index is 13.2. The van der Waals surface area contributed by atoms with Crippen LogP contribution in [0.15, 0.2) is 18.2 Å². The van der Waals surface area contributed by atoms with E-state index in [4.69, 9.17) is 11.6 Å². The van der Waals surface area contributed by atoms with Crippen LogP contribution in [0.5, 0.6) is 0 Å². The first-order valence-corrected chi connectivity index (χ1v) is 9.17. The van der Waals surface area contributed by atoms with Gasteiger partial charge in [-0.15, -0.1) is 0 Å². The SMILES string of the molecule is O=C(NC1CCCN(Cc2ccc(F)cc2Cl)C1)C1CCNCC1. The van der Waals surface area contributed by atoms with Gasteiger partial charge in [-0.3, -0.25) is 9.69 Å². The van der Waals surface area contributed by atoms with Crippen LogP contribution in [0.1, 0.15) is 31.2 Å². The van der Waals surface area contributed by atoms with E-state index in [1.54, 1.807) is 6.07 Å². The number of hydrogen-bond acceptors (Lipinski definition) is 3. The van der Waals surface area contributed by atoms with Crippen LogP contribution in [0.25, 0.3) is 0 Å². The first-order valence-electron chi connectivity index (χ1n) is 8.79. The molecule has 2 saturated heterocycles. The van der Waals surface area contributed by atoms with E-state index in [1.165, 1.54) is 12.1 Å². The van der Waals surface area contributed by atoms with Crippen LogP contribution in [-0.2, 0) is 11.3 Å². The molecule has 0 aromatic heterocycles. The van der Waals surface area contributed by atoms with E-state index in [0.29, 0.717) is 11.6 Å². The predicted octanol–water partition coefficient (Wildman–Crippen LogP) is 2.56. The fourth-order valence-corrected chi connectivity index (χ4v) is 3.84. The number of carbonyl (C=O) groups is 1. The lowest BCUT2D eigenvalue weighted by molar-refractivity contribution is -0.126. The Bertz CT molecular complexity index is 577. The fraction of sp³-hybridized carbons (Fsp3) is 0.611. The zero-order valence-electron chi connectivity index (χ0n) is 13.9. The Morgan fingerprint density at radius 2 is 2.12 bits per heavy atom. The third-order valence-electron chi connectivity index (χ3n) is 4.97. The maximum absolute atomic E-state index is 13.2. The Kier molecular flexibility index (Phi) is 6.09. The smallest absolute Gasteiger partial charge is 0.223 e. The van der Waals surface area contributed by atoms with Crippen molar-refractivity contribution in [3.05, 3.63) is 34.6 Å². The number of nitrogens with zero attached hydrogens (tertiary/aromatic N) is 1. The highest BCUT2D eigenvalue weighted by atomic mass is 35.5. The highest BCUT2D eigenvalue weighted by Gasteiger charge is 2.26. The lowest BCUT2D eigenvalue weighted by atomic mass is 9.96. The number of piperidine rings is 2. The Balaban J connectivity index is 1.53. The minimum absolute atomic E-state index is 0.146. The predicted molar refractivity (Wildman–Crippen MR) is 93.4 cm³/mol. The zero-order valence-corrected chi connectivity index (χ0v) is 14.6. The normalized spacial score (nSPS) is 23.2. The molecule has 2 heterocycles. The molecule has 0 spiro atoms. The summed E-state index contributed by atoms with van der Waals surface area (Å²) in [5.74, 6) is 0.0332. The van der Waals surface area contributed by atoms with Crippen molar-refractivity contribution < 1.29 is 9.18 Å². The van der Waals surface area contributed by atoms with Crippen molar-refractivity contribution in [2.75, 3.05) is 26.2 Å². The third-order valence-corrected chi connectivity index (χ3v) is 5.32. The molecule has 24 heavy (non-hydrogen) atoms. The molecular weight excluding hydrogens is 329 g/mol. The van der Waals surface area contributed by atoms with Crippen molar-refractivity contribution >= 4 is 17.5 Å². The number of likely N-dealkylation sites (tertiary alicyclic amines) is 1. The average Bonchev–Trinajstić information content (AvgIpc) is 2.58. The van der Waals surface area contributed by atoms with Gasteiger partial charge in [0.25, 0.3) is 0 Å². The lowest BCUT2D eigenvalue weighted by Gasteiger charge is -2.34. The van der Waals surface area contributed by atoms with Crippen molar-refractivity contribution in [2.24, 2.45) is 5.92 Å². The second kappa shape index (κ2) is 8.28. The summed E-state index contributed by atoms with van der Waals surface area (Å²) >= 11 is 6.13. The standard InChI is InChI=1S/C18H25ClFN3O/c19-17-10-15(20)4-3-14(17)11-23-9-1-2-16(12-23)22-18(24)13-5-7-21-8-6-13/h3-4,10,13,16,21H,1-2,5-9,11-12H2,(H,22,24). The zero-order chi connectivity index (χ0) is 16.9. The quantitative estimate of drug-likeness (QED) is 0.874. The minimum atomic E-state index is -0.311.